The number of benzene rings is 1. The van der Waals surface area contributed by atoms with Crippen molar-refractivity contribution < 1.29 is 14.3 Å². The minimum Gasteiger partial charge on any atom is -0.450 e. The third-order valence-electron chi connectivity index (χ3n) is 6.43. The third-order valence-corrected chi connectivity index (χ3v) is 6.43. The molecule has 2 aliphatic rings. The Bertz CT molecular complexity index is 1230. The van der Waals surface area contributed by atoms with Crippen molar-refractivity contribution >= 4 is 40.5 Å². The lowest BCUT2D eigenvalue weighted by Gasteiger charge is -2.34. The molecule has 2 aromatic heterocycles. The van der Waals surface area contributed by atoms with E-state index in [1.54, 1.807) is 33.7 Å². The number of fused-ring (bicyclic) bond motifs is 1. The summed E-state index contributed by atoms with van der Waals surface area (Å²) in [4.78, 5) is 40.2. The number of hydrogen-bond donors (Lipinski definition) is 1. The van der Waals surface area contributed by atoms with Gasteiger partial charge in [-0.15, -0.1) is 0 Å². The fourth-order valence-corrected chi connectivity index (χ4v) is 4.52. The number of ether oxygens (including phenoxy) is 1. The largest absolute Gasteiger partial charge is 0.450 e. The molecule has 5 rings (SSSR count). The first-order valence-electron chi connectivity index (χ1n) is 12.1. The molecule has 2 saturated heterocycles. The van der Waals surface area contributed by atoms with Gasteiger partial charge in [0.1, 0.15) is 5.82 Å². The van der Waals surface area contributed by atoms with Crippen molar-refractivity contribution in [2.24, 2.45) is 7.05 Å². The van der Waals surface area contributed by atoms with Crippen LogP contribution in [0.4, 0.5) is 22.2 Å². The Morgan fingerprint density at radius 1 is 1.03 bits per heavy atom. The number of aryl methyl sites for hydroxylation is 1. The Labute approximate surface area is 203 Å². The van der Waals surface area contributed by atoms with Gasteiger partial charge in [-0.1, -0.05) is 6.07 Å². The van der Waals surface area contributed by atoms with E-state index in [9.17, 15) is 9.59 Å². The van der Waals surface area contributed by atoms with E-state index < -0.39 is 0 Å². The average Bonchev–Trinajstić information content (AvgIpc) is 3.55. The van der Waals surface area contributed by atoms with Crippen molar-refractivity contribution in [1.82, 2.24) is 29.5 Å². The maximum atomic E-state index is 13.2. The zero-order valence-electron chi connectivity index (χ0n) is 20.1. The Kier molecular flexibility index (Phi) is 6.39. The zero-order chi connectivity index (χ0) is 24.4. The van der Waals surface area contributed by atoms with E-state index in [1.165, 1.54) is 0 Å². The molecule has 0 aliphatic carbocycles. The van der Waals surface area contributed by atoms with Gasteiger partial charge < -0.3 is 24.8 Å². The third kappa shape index (κ3) is 4.71. The molecule has 4 heterocycles. The summed E-state index contributed by atoms with van der Waals surface area (Å²) in [5.41, 5.74) is 2.10. The van der Waals surface area contributed by atoms with Gasteiger partial charge >= 0.3 is 6.09 Å². The summed E-state index contributed by atoms with van der Waals surface area (Å²) in [5.74, 6) is 1.29. The van der Waals surface area contributed by atoms with Crippen molar-refractivity contribution in [2.45, 2.75) is 19.8 Å². The zero-order valence-corrected chi connectivity index (χ0v) is 20.1. The molecule has 1 aromatic carbocycles. The van der Waals surface area contributed by atoms with E-state index >= 15 is 0 Å². The minimum absolute atomic E-state index is 0.0656. The number of nitrogens with one attached hydrogen (secondary N) is 1. The van der Waals surface area contributed by atoms with E-state index in [0.717, 1.165) is 42.7 Å². The molecular weight excluding hydrogens is 448 g/mol. The van der Waals surface area contributed by atoms with Crippen LogP contribution in [0.1, 0.15) is 30.1 Å². The molecule has 0 radical (unpaired) electrons. The van der Waals surface area contributed by atoms with Gasteiger partial charge in [0.2, 0.25) is 5.95 Å². The van der Waals surface area contributed by atoms with Crippen LogP contribution in [0, 0.1) is 0 Å². The number of anilines is 3. The Balaban J connectivity index is 1.34. The number of carbonyl (C=O) groups excluding carboxylic acids is 2. The molecule has 0 saturated carbocycles. The van der Waals surface area contributed by atoms with E-state index in [4.69, 9.17) is 14.7 Å². The van der Waals surface area contributed by atoms with Crippen LogP contribution >= 0.6 is 0 Å². The van der Waals surface area contributed by atoms with Gasteiger partial charge in [0.25, 0.3) is 5.91 Å². The first kappa shape index (κ1) is 22.9. The van der Waals surface area contributed by atoms with Crippen LogP contribution in [0.3, 0.4) is 0 Å². The standard InChI is InChI=1S/C24H30N8O3/c1-3-35-24(34)32-13-11-30(12-14-32)22(33)17-7-6-8-18(15-17)26-20-19-16-25-29(2)21(19)28-23(27-20)31-9-4-5-10-31/h6-8,15-16H,3-5,9-14H2,1-2H3,(H,26,27,28). The van der Waals surface area contributed by atoms with Gasteiger partial charge in [-0.2, -0.15) is 15.1 Å². The number of aromatic nitrogens is 4. The lowest BCUT2D eigenvalue weighted by Crippen LogP contribution is -2.50. The molecule has 0 unspecified atom stereocenters. The van der Waals surface area contributed by atoms with Crippen LogP contribution in [0.2, 0.25) is 0 Å². The summed E-state index contributed by atoms with van der Waals surface area (Å²) < 4.78 is 6.81. The van der Waals surface area contributed by atoms with Gasteiger partial charge in [-0.3, -0.25) is 9.48 Å². The quantitative estimate of drug-likeness (QED) is 0.596. The maximum absolute atomic E-state index is 13.2. The van der Waals surface area contributed by atoms with E-state index in [2.05, 4.69) is 15.3 Å². The molecule has 3 aromatic rings. The van der Waals surface area contributed by atoms with Crippen LogP contribution in [0.5, 0.6) is 0 Å². The summed E-state index contributed by atoms with van der Waals surface area (Å²) in [7, 11) is 1.87. The smallest absolute Gasteiger partial charge is 0.409 e. The molecule has 2 amide bonds. The predicted octanol–water partition coefficient (Wildman–Crippen LogP) is 2.62. The predicted molar refractivity (Wildman–Crippen MR) is 132 cm³/mol. The second kappa shape index (κ2) is 9.77. The minimum atomic E-state index is -0.328. The monoisotopic (exact) mass is 478 g/mol. The number of hydrogen-bond acceptors (Lipinski definition) is 8. The van der Waals surface area contributed by atoms with E-state index in [-0.39, 0.29) is 12.0 Å². The maximum Gasteiger partial charge on any atom is 0.409 e. The van der Waals surface area contributed by atoms with Crippen molar-refractivity contribution in [3.8, 4) is 0 Å². The van der Waals surface area contributed by atoms with E-state index in [1.807, 2.05) is 25.2 Å². The number of piperazine rings is 1. The first-order valence-corrected chi connectivity index (χ1v) is 12.1. The second-order valence-electron chi connectivity index (χ2n) is 8.76. The highest BCUT2D eigenvalue weighted by molar-refractivity contribution is 5.96. The van der Waals surface area contributed by atoms with Crippen molar-refractivity contribution in [3.05, 3.63) is 36.0 Å². The summed E-state index contributed by atoms with van der Waals surface area (Å²) in [5, 5.41) is 8.57. The molecule has 1 N–H and O–H groups in total. The summed E-state index contributed by atoms with van der Waals surface area (Å²) in [6.45, 7) is 5.87. The molecule has 11 nitrogen and oxygen atoms in total. The number of carbonyl (C=O) groups is 2. The lowest BCUT2D eigenvalue weighted by atomic mass is 10.1. The van der Waals surface area contributed by atoms with Gasteiger partial charge in [0, 0.05) is 57.6 Å². The molecule has 11 heteroatoms. The lowest BCUT2D eigenvalue weighted by molar-refractivity contribution is 0.0570. The highest BCUT2D eigenvalue weighted by Crippen LogP contribution is 2.28. The van der Waals surface area contributed by atoms with Gasteiger partial charge in [0.05, 0.1) is 18.2 Å². The first-order chi connectivity index (χ1) is 17.0. The van der Waals surface area contributed by atoms with Crippen molar-refractivity contribution in [1.29, 1.82) is 0 Å². The van der Waals surface area contributed by atoms with Crippen LogP contribution in [-0.2, 0) is 11.8 Å². The van der Waals surface area contributed by atoms with Crippen molar-refractivity contribution in [3.63, 3.8) is 0 Å². The number of amides is 2. The van der Waals surface area contributed by atoms with Crippen LogP contribution < -0.4 is 10.2 Å². The number of rotatable bonds is 5. The molecule has 35 heavy (non-hydrogen) atoms. The number of nitrogens with zero attached hydrogens (tertiary/aromatic N) is 7. The summed E-state index contributed by atoms with van der Waals surface area (Å²) in [6, 6.07) is 7.41. The van der Waals surface area contributed by atoms with Crippen molar-refractivity contribution in [2.75, 3.05) is 56.1 Å². The highest BCUT2D eigenvalue weighted by atomic mass is 16.6. The molecular formula is C24H30N8O3. The normalized spacial score (nSPS) is 16.1. The topological polar surface area (TPSA) is 109 Å². The second-order valence-corrected chi connectivity index (χ2v) is 8.76. The Hall–Kier alpha value is -3.89. The fraction of sp³-hybridized carbons (Fsp3) is 0.458. The molecule has 0 atom stereocenters. The molecule has 0 spiro atoms. The SMILES string of the molecule is CCOC(=O)N1CCN(C(=O)c2cccc(Nc3nc(N4CCCC4)nc4c3cnn4C)c2)CC1. The highest BCUT2D eigenvalue weighted by Gasteiger charge is 2.26. The van der Waals surface area contributed by atoms with Gasteiger partial charge in [0.15, 0.2) is 5.65 Å². The van der Waals surface area contributed by atoms with Gasteiger partial charge in [-0.05, 0) is 38.0 Å². The van der Waals surface area contributed by atoms with E-state index in [0.29, 0.717) is 50.1 Å². The summed E-state index contributed by atoms with van der Waals surface area (Å²) >= 11 is 0. The average molecular weight is 479 g/mol. The Morgan fingerprint density at radius 3 is 2.51 bits per heavy atom. The Morgan fingerprint density at radius 2 is 1.77 bits per heavy atom. The summed E-state index contributed by atoms with van der Waals surface area (Å²) in [6.07, 6.45) is 3.69. The van der Waals surface area contributed by atoms with Crippen LogP contribution in [0.25, 0.3) is 11.0 Å². The van der Waals surface area contributed by atoms with Crippen LogP contribution in [0.15, 0.2) is 30.5 Å². The molecule has 2 aliphatic heterocycles. The molecule has 184 valence electrons. The fourth-order valence-electron chi connectivity index (χ4n) is 4.52. The van der Waals surface area contributed by atoms with Gasteiger partial charge in [-0.25, -0.2) is 4.79 Å². The molecule has 2 fully saturated rings. The molecule has 0 bridgehead atoms. The van der Waals surface area contributed by atoms with Crippen LogP contribution in [-0.4, -0.2) is 87.4 Å².